The van der Waals surface area contributed by atoms with Crippen molar-refractivity contribution in [3.8, 4) is 6.01 Å². The molecule has 0 saturated carbocycles. The first-order valence-electron chi connectivity index (χ1n) is 6.33. The third-order valence-electron chi connectivity index (χ3n) is 2.58. The van der Waals surface area contributed by atoms with Crippen LogP contribution in [0.4, 0.5) is 11.9 Å². The Morgan fingerprint density at radius 1 is 1.26 bits per heavy atom. The Hall–Kier alpha value is -1.67. The molecule has 1 aromatic heterocycles. The van der Waals surface area contributed by atoms with Crippen molar-refractivity contribution in [1.29, 1.82) is 0 Å². The standard InChI is InChI=1S/C11H22N6O2/c1-4-19-11-15-9(14-10(16-11)17-12)13-8(5-6-18)7(2)3/h7-8,18H,4-6,12H2,1-3H3,(H2,13,14,15,16,17). The van der Waals surface area contributed by atoms with Crippen LogP contribution in [-0.2, 0) is 0 Å². The molecule has 0 aliphatic carbocycles. The summed E-state index contributed by atoms with van der Waals surface area (Å²) in [4.78, 5) is 12.2. The maximum absolute atomic E-state index is 9.05. The van der Waals surface area contributed by atoms with Crippen LogP contribution in [-0.4, -0.2) is 39.3 Å². The maximum atomic E-state index is 9.05. The second-order valence-electron chi connectivity index (χ2n) is 4.35. The van der Waals surface area contributed by atoms with Crippen LogP contribution in [0.3, 0.4) is 0 Å². The van der Waals surface area contributed by atoms with Crippen molar-refractivity contribution in [2.45, 2.75) is 33.2 Å². The zero-order valence-electron chi connectivity index (χ0n) is 11.6. The first-order chi connectivity index (χ1) is 9.10. The molecule has 1 rings (SSSR count). The molecule has 0 bridgehead atoms. The SMILES string of the molecule is CCOc1nc(NN)nc(NC(CCO)C(C)C)n1. The minimum atomic E-state index is 0.0625. The molecule has 0 amide bonds. The molecule has 1 atom stereocenters. The second-order valence-corrected chi connectivity index (χ2v) is 4.35. The zero-order valence-corrected chi connectivity index (χ0v) is 11.6. The third-order valence-corrected chi connectivity index (χ3v) is 2.58. The first-order valence-corrected chi connectivity index (χ1v) is 6.33. The van der Waals surface area contributed by atoms with E-state index in [1.807, 2.05) is 6.92 Å². The Morgan fingerprint density at radius 3 is 2.47 bits per heavy atom. The van der Waals surface area contributed by atoms with Gasteiger partial charge in [0.15, 0.2) is 0 Å². The lowest BCUT2D eigenvalue weighted by molar-refractivity contribution is 0.267. The smallest absolute Gasteiger partial charge is 0.323 e. The van der Waals surface area contributed by atoms with Gasteiger partial charge in [-0.3, -0.25) is 5.43 Å². The number of hydrogen-bond donors (Lipinski definition) is 4. The van der Waals surface area contributed by atoms with E-state index in [9.17, 15) is 0 Å². The normalized spacial score (nSPS) is 12.3. The number of anilines is 2. The number of hydrogen-bond acceptors (Lipinski definition) is 8. The van der Waals surface area contributed by atoms with Gasteiger partial charge in [0.1, 0.15) is 0 Å². The summed E-state index contributed by atoms with van der Waals surface area (Å²) in [5, 5.41) is 12.2. The molecule has 0 spiro atoms. The number of nitrogen functional groups attached to an aromatic ring is 1. The predicted molar refractivity (Wildman–Crippen MR) is 72.8 cm³/mol. The molecule has 1 heterocycles. The average molecular weight is 270 g/mol. The summed E-state index contributed by atoms with van der Waals surface area (Å²) in [7, 11) is 0. The van der Waals surface area contributed by atoms with Crippen LogP contribution < -0.4 is 21.3 Å². The first kappa shape index (κ1) is 15.4. The highest BCUT2D eigenvalue weighted by atomic mass is 16.5. The fraction of sp³-hybridized carbons (Fsp3) is 0.727. The quantitative estimate of drug-likeness (QED) is 0.395. The lowest BCUT2D eigenvalue weighted by Crippen LogP contribution is -2.28. The van der Waals surface area contributed by atoms with Crippen molar-refractivity contribution >= 4 is 11.9 Å². The largest absolute Gasteiger partial charge is 0.464 e. The number of rotatable bonds is 8. The van der Waals surface area contributed by atoms with E-state index in [0.29, 0.717) is 24.9 Å². The van der Waals surface area contributed by atoms with Crippen LogP contribution in [0.5, 0.6) is 6.01 Å². The maximum Gasteiger partial charge on any atom is 0.323 e. The van der Waals surface area contributed by atoms with Gasteiger partial charge in [-0.1, -0.05) is 13.8 Å². The molecular weight excluding hydrogens is 248 g/mol. The van der Waals surface area contributed by atoms with Gasteiger partial charge in [0.05, 0.1) is 6.61 Å². The van der Waals surface area contributed by atoms with Crippen LogP contribution in [0.15, 0.2) is 0 Å². The summed E-state index contributed by atoms with van der Waals surface area (Å²) < 4.78 is 5.24. The number of aromatic nitrogens is 3. The van der Waals surface area contributed by atoms with Crippen molar-refractivity contribution < 1.29 is 9.84 Å². The van der Waals surface area contributed by atoms with Gasteiger partial charge in [0.25, 0.3) is 0 Å². The Bertz CT molecular complexity index is 387. The molecule has 1 aromatic rings. The van der Waals surface area contributed by atoms with Crippen molar-refractivity contribution in [1.82, 2.24) is 15.0 Å². The van der Waals surface area contributed by atoms with Gasteiger partial charge < -0.3 is 15.2 Å². The number of nitrogens with two attached hydrogens (primary N) is 1. The van der Waals surface area contributed by atoms with Crippen molar-refractivity contribution in [2.24, 2.45) is 11.8 Å². The van der Waals surface area contributed by atoms with Crippen molar-refractivity contribution in [2.75, 3.05) is 24.0 Å². The second kappa shape index (κ2) is 7.70. The van der Waals surface area contributed by atoms with E-state index < -0.39 is 0 Å². The monoisotopic (exact) mass is 270 g/mol. The van der Waals surface area contributed by atoms with E-state index in [2.05, 4.69) is 39.5 Å². The number of nitrogens with zero attached hydrogens (tertiary/aromatic N) is 3. The number of ether oxygens (including phenoxy) is 1. The van der Waals surface area contributed by atoms with Gasteiger partial charge in [-0.15, -0.1) is 0 Å². The van der Waals surface area contributed by atoms with E-state index in [0.717, 1.165) is 0 Å². The number of aliphatic hydroxyl groups is 1. The molecule has 0 radical (unpaired) electrons. The van der Waals surface area contributed by atoms with Gasteiger partial charge in [0.2, 0.25) is 11.9 Å². The summed E-state index contributed by atoms with van der Waals surface area (Å²) in [5.74, 6) is 6.24. The van der Waals surface area contributed by atoms with E-state index >= 15 is 0 Å². The van der Waals surface area contributed by atoms with Crippen molar-refractivity contribution in [3.63, 3.8) is 0 Å². The molecule has 0 aliphatic rings. The molecule has 8 nitrogen and oxygen atoms in total. The Balaban J connectivity index is 2.88. The highest BCUT2D eigenvalue weighted by Gasteiger charge is 2.15. The minimum absolute atomic E-state index is 0.0625. The van der Waals surface area contributed by atoms with Gasteiger partial charge in [-0.05, 0) is 19.3 Å². The number of nitrogens with one attached hydrogen (secondary N) is 2. The van der Waals surface area contributed by atoms with Crippen LogP contribution in [0.2, 0.25) is 0 Å². The lowest BCUT2D eigenvalue weighted by Gasteiger charge is -2.21. The highest BCUT2D eigenvalue weighted by molar-refractivity contribution is 5.35. The molecule has 8 heteroatoms. The van der Waals surface area contributed by atoms with E-state index in [1.54, 1.807) is 0 Å². The zero-order chi connectivity index (χ0) is 14.3. The molecule has 0 aromatic carbocycles. The minimum Gasteiger partial charge on any atom is -0.464 e. The molecular formula is C11H22N6O2. The summed E-state index contributed by atoms with van der Waals surface area (Å²) >= 11 is 0. The fourth-order valence-corrected chi connectivity index (χ4v) is 1.56. The molecule has 108 valence electrons. The van der Waals surface area contributed by atoms with Gasteiger partial charge in [0, 0.05) is 12.6 Å². The number of aliphatic hydroxyl groups excluding tert-OH is 1. The highest BCUT2D eigenvalue weighted by Crippen LogP contribution is 2.15. The summed E-state index contributed by atoms with van der Waals surface area (Å²) in [5.41, 5.74) is 2.37. The van der Waals surface area contributed by atoms with E-state index in [4.69, 9.17) is 15.7 Å². The summed E-state index contributed by atoms with van der Waals surface area (Å²) in [6, 6.07) is 0.270. The lowest BCUT2D eigenvalue weighted by atomic mass is 10.0. The molecule has 0 saturated heterocycles. The molecule has 1 unspecified atom stereocenters. The Kier molecular flexibility index (Phi) is 6.23. The molecule has 0 fully saturated rings. The Morgan fingerprint density at radius 2 is 1.95 bits per heavy atom. The summed E-state index contributed by atoms with van der Waals surface area (Å²) in [6.45, 7) is 6.51. The van der Waals surface area contributed by atoms with E-state index in [-0.39, 0.29) is 24.6 Å². The topological polar surface area (TPSA) is 118 Å². The number of hydrazine groups is 1. The van der Waals surface area contributed by atoms with Crippen LogP contribution in [0, 0.1) is 5.92 Å². The third kappa shape index (κ3) is 4.84. The van der Waals surface area contributed by atoms with E-state index in [1.165, 1.54) is 0 Å². The van der Waals surface area contributed by atoms with Gasteiger partial charge in [-0.25, -0.2) is 5.84 Å². The van der Waals surface area contributed by atoms with Crippen LogP contribution >= 0.6 is 0 Å². The predicted octanol–water partition coefficient (Wildman–Crippen LogP) is 0.375. The van der Waals surface area contributed by atoms with Crippen LogP contribution in [0.1, 0.15) is 27.2 Å². The average Bonchev–Trinajstić information content (AvgIpc) is 2.38. The molecule has 0 aliphatic heterocycles. The molecule has 19 heavy (non-hydrogen) atoms. The Labute approximate surface area is 112 Å². The molecule has 5 N–H and O–H groups in total. The van der Waals surface area contributed by atoms with Gasteiger partial charge >= 0.3 is 6.01 Å². The van der Waals surface area contributed by atoms with Crippen molar-refractivity contribution in [3.05, 3.63) is 0 Å². The van der Waals surface area contributed by atoms with Gasteiger partial charge in [-0.2, -0.15) is 15.0 Å². The summed E-state index contributed by atoms with van der Waals surface area (Å²) in [6.07, 6.45) is 0.610. The van der Waals surface area contributed by atoms with Crippen LogP contribution in [0.25, 0.3) is 0 Å². The fourth-order valence-electron chi connectivity index (χ4n) is 1.56.